The van der Waals surface area contributed by atoms with Gasteiger partial charge in [-0.05, 0) is 30.3 Å². The minimum absolute atomic E-state index is 0.751. The summed E-state index contributed by atoms with van der Waals surface area (Å²) >= 11 is 0. The zero-order chi connectivity index (χ0) is 15.2. The van der Waals surface area contributed by atoms with Gasteiger partial charge in [-0.3, -0.25) is 0 Å². The molecule has 0 bridgehead atoms. The normalized spacial score (nSPS) is 14.7. The number of para-hydroxylation sites is 1. The maximum atomic E-state index is 5.39. The molecule has 0 atom stereocenters. The Balaban J connectivity index is 1.61. The number of ether oxygens (including phenoxy) is 2. The van der Waals surface area contributed by atoms with Gasteiger partial charge in [-0.2, -0.15) is 0 Å². The molecule has 1 fully saturated rings. The molecule has 1 saturated heterocycles. The lowest BCUT2D eigenvalue weighted by atomic mass is 10.2. The number of rotatable bonds is 5. The average Bonchev–Trinajstić information content (AvgIpc) is 2.61. The number of methoxy groups -OCH3 is 1. The van der Waals surface area contributed by atoms with Crippen LogP contribution in [0.2, 0.25) is 0 Å². The van der Waals surface area contributed by atoms with Crippen molar-refractivity contribution in [2.45, 2.75) is 6.54 Å². The summed E-state index contributed by atoms with van der Waals surface area (Å²) in [6.45, 7) is 4.31. The molecule has 2 aromatic rings. The van der Waals surface area contributed by atoms with Crippen molar-refractivity contribution in [2.24, 2.45) is 0 Å². The number of nitrogens with zero attached hydrogens (tertiary/aromatic N) is 1. The second-order valence-electron chi connectivity index (χ2n) is 5.31. The van der Waals surface area contributed by atoms with Gasteiger partial charge in [0.25, 0.3) is 0 Å². The van der Waals surface area contributed by atoms with Crippen LogP contribution in [-0.4, -0.2) is 33.4 Å². The van der Waals surface area contributed by atoms with E-state index in [1.807, 2.05) is 18.2 Å². The molecule has 4 nitrogen and oxygen atoms in total. The maximum absolute atomic E-state index is 5.39. The van der Waals surface area contributed by atoms with Crippen LogP contribution >= 0.6 is 0 Å². The van der Waals surface area contributed by atoms with E-state index in [1.165, 1.54) is 5.69 Å². The van der Waals surface area contributed by atoms with Gasteiger partial charge in [-0.1, -0.05) is 18.2 Å². The third kappa shape index (κ3) is 3.52. The zero-order valence-electron chi connectivity index (χ0n) is 12.9. The summed E-state index contributed by atoms with van der Waals surface area (Å²) in [6.07, 6.45) is 0. The maximum Gasteiger partial charge on any atom is 0.123 e. The van der Waals surface area contributed by atoms with Crippen molar-refractivity contribution in [3.8, 4) is 5.75 Å². The van der Waals surface area contributed by atoms with Crippen LogP contribution in [0.1, 0.15) is 5.56 Å². The molecule has 0 radical (unpaired) electrons. The fourth-order valence-corrected chi connectivity index (χ4v) is 2.66. The first-order valence-corrected chi connectivity index (χ1v) is 7.65. The highest BCUT2D eigenvalue weighted by molar-refractivity contribution is 5.55. The standard InChI is InChI=1S/C18H22N2O2/c1-21-18-5-3-2-4-15(18)14-19-16-6-8-17(9-7-16)20-10-12-22-13-11-20/h2-9,19H,10-14H2,1H3. The van der Waals surface area contributed by atoms with Crippen molar-refractivity contribution >= 4 is 11.4 Å². The molecule has 22 heavy (non-hydrogen) atoms. The largest absolute Gasteiger partial charge is 0.496 e. The van der Waals surface area contributed by atoms with Gasteiger partial charge in [0, 0.05) is 36.6 Å². The Hall–Kier alpha value is -2.20. The van der Waals surface area contributed by atoms with Crippen LogP contribution < -0.4 is 15.0 Å². The molecule has 1 aliphatic heterocycles. The summed E-state index contributed by atoms with van der Waals surface area (Å²) in [7, 11) is 1.70. The predicted octanol–water partition coefficient (Wildman–Crippen LogP) is 3.14. The Bertz CT molecular complexity index is 592. The van der Waals surface area contributed by atoms with Gasteiger partial charge in [0.05, 0.1) is 20.3 Å². The summed E-state index contributed by atoms with van der Waals surface area (Å²) < 4.78 is 10.8. The van der Waals surface area contributed by atoms with Crippen LogP contribution in [-0.2, 0) is 11.3 Å². The molecular weight excluding hydrogens is 276 g/mol. The number of morpholine rings is 1. The highest BCUT2D eigenvalue weighted by atomic mass is 16.5. The number of nitrogens with one attached hydrogen (secondary N) is 1. The summed E-state index contributed by atoms with van der Waals surface area (Å²) in [5.41, 5.74) is 3.52. The molecule has 0 spiro atoms. The van der Waals surface area contributed by atoms with Crippen molar-refractivity contribution in [3.63, 3.8) is 0 Å². The Kier molecular flexibility index (Phi) is 4.81. The molecule has 4 heteroatoms. The van der Waals surface area contributed by atoms with Crippen LogP contribution in [0, 0.1) is 0 Å². The number of anilines is 2. The molecule has 0 aliphatic carbocycles. The van der Waals surface area contributed by atoms with Crippen molar-refractivity contribution in [1.29, 1.82) is 0 Å². The molecular formula is C18H22N2O2. The summed E-state index contributed by atoms with van der Waals surface area (Å²) in [5.74, 6) is 0.917. The van der Waals surface area contributed by atoms with Crippen LogP contribution in [0.15, 0.2) is 48.5 Å². The van der Waals surface area contributed by atoms with E-state index >= 15 is 0 Å². The monoisotopic (exact) mass is 298 g/mol. The smallest absolute Gasteiger partial charge is 0.123 e. The van der Waals surface area contributed by atoms with Crippen LogP contribution in [0.3, 0.4) is 0 Å². The van der Waals surface area contributed by atoms with E-state index in [2.05, 4.69) is 40.5 Å². The van der Waals surface area contributed by atoms with Crippen molar-refractivity contribution in [3.05, 3.63) is 54.1 Å². The van der Waals surface area contributed by atoms with Crippen molar-refractivity contribution in [2.75, 3.05) is 43.6 Å². The molecule has 2 aromatic carbocycles. The van der Waals surface area contributed by atoms with Gasteiger partial charge in [0.15, 0.2) is 0 Å². The Morgan fingerprint density at radius 2 is 1.77 bits per heavy atom. The highest BCUT2D eigenvalue weighted by Crippen LogP contribution is 2.21. The molecule has 3 rings (SSSR count). The van der Waals surface area contributed by atoms with Crippen LogP contribution in [0.5, 0.6) is 5.75 Å². The van der Waals surface area contributed by atoms with Gasteiger partial charge in [0.1, 0.15) is 5.75 Å². The Morgan fingerprint density at radius 3 is 2.50 bits per heavy atom. The van der Waals surface area contributed by atoms with E-state index in [-0.39, 0.29) is 0 Å². The fraction of sp³-hybridized carbons (Fsp3) is 0.333. The SMILES string of the molecule is COc1ccccc1CNc1ccc(N2CCOCC2)cc1. The third-order valence-electron chi connectivity index (χ3n) is 3.92. The minimum Gasteiger partial charge on any atom is -0.496 e. The Morgan fingerprint density at radius 1 is 1.05 bits per heavy atom. The molecule has 0 amide bonds. The molecule has 1 N–H and O–H groups in total. The van der Waals surface area contributed by atoms with E-state index in [0.29, 0.717) is 0 Å². The fourth-order valence-electron chi connectivity index (χ4n) is 2.66. The summed E-state index contributed by atoms with van der Waals surface area (Å²) in [4.78, 5) is 2.35. The molecule has 0 unspecified atom stereocenters. The second kappa shape index (κ2) is 7.18. The van der Waals surface area contributed by atoms with Gasteiger partial charge in [-0.15, -0.1) is 0 Å². The zero-order valence-corrected chi connectivity index (χ0v) is 12.9. The first kappa shape index (κ1) is 14.7. The van der Waals surface area contributed by atoms with Gasteiger partial charge < -0.3 is 19.7 Å². The number of hydrogen-bond donors (Lipinski definition) is 1. The summed E-state index contributed by atoms with van der Waals surface area (Å²) in [6, 6.07) is 16.7. The Labute approximate surface area is 131 Å². The summed E-state index contributed by atoms with van der Waals surface area (Å²) in [5, 5.41) is 3.44. The van der Waals surface area contributed by atoms with E-state index in [9.17, 15) is 0 Å². The van der Waals surface area contributed by atoms with Crippen LogP contribution in [0.25, 0.3) is 0 Å². The van der Waals surface area contributed by atoms with Gasteiger partial charge >= 0.3 is 0 Å². The molecule has 0 saturated carbocycles. The third-order valence-corrected chi connectivity index (χ3v) is 3.92. The first-order valence-electron chi connectivity index (χ1n) is 7.65. The average molecular weight is 298 g/mol. The number of hydrogen-bond acceptors (Lipinski definition) is 4. The minimum atomic E-state index is 0.751. The van der Waals surface area contributed by atoms with Gasteiger partial charge in [0.2, 0.25) is 0 Å². The molecule has 1 heterocycles. The van der Waals surface area contributed by atoms with E-state index in [1.54, 1.807) is 7.11 Å². The van der Waals surface area contributed by atoms with E-state index in [0.717, 1.165) is 49.8 Å². The van der Waals surface area contributed by atoms with E-state index < -0.39 is 0 Å². The topological polar surface area (TPSA) is 33.7 Å². The second-order valence-corrected chi connectivity index (χ2v) is 5.31. The quantitative estimate of drug-likeness (QED) is 0.919. The highest BCUT2D eigenvalue weighted by Gasteiger charge is 2.10. The van der Waals surface area contributed by atoms with Crippen LogP contribution in [0.4, 0.5) is 11.4 Å². The molecule has 0 aromatic heterocycles. The van der Waals surface area contributed by atoms with Crippen molar-refractivity contribution < 1.29 is 9.47 Å². The van der Waals surface area contributed by atoms with Crippen molar-refractivity contribution in [1.82, 2.24) is 0 Å². The van der Waals surface area contributed by atoms with E-state index in [4.69, 9.17) is 9.47 Å². The number of benzene rings is 2. The molecule has 1 aliphatic rings. The molecule has 116 valence electrons. The first-order chi connectivity index (χ1) is 10.9. The van der Waals surface area contributed by atoms with Gasteiger partial charge in [-0.25, -0.2) is 0 Å². The lowest BCUT2D eigenvalue weighted by molar-refractivity contribution is 0.122. The lowest BCUT2D eigenvalue weighted by Gasteiger charge is -2.29. The predicted molar refractivity (Wildman–Crippen MR) is 89.8 cm³/mol. The lowest BCUT2D eigenvalue weighted by Crippen LogP contribution is -2.36.